The first kappa shape index (κ1) is 19.3. The average Bonchev–Trinajstić information content (AvgIpc) is 3.10. The molecule has 1 aromatic rings. The van der Waals surface area contributed by atoms with E-state index in [0.717, 1.165) is 71.3 Å². The highest BCUT2D eigenvalue weighted by Crippen LogP contribution is 2.20. The lowest BCUT2D eigenvalue weighted by atomic mass is 9.97. The minimum Gasteiger partial charge on any atom is -0.340 e. The molecule has 2 aliphatic rings. The van der Waals surface area contributed by atoms with E-state index in [2.05, 4.69) is 46.0 Å². The average molecular weight is 364 g/mol. The normalized spacial score (nSPS) is 20.5. The van der Waals surface area contributed by atoms with Crippen molar-refractivity contribution in [2.45, 2.75) is 39.2 Å². The van der Waals surface area contributed by atoms with Crippen LogP contribution in [0.3, 0.4) is 0 Å². The third-order valence-electron chi connectivity index (χ3n) is 5.05. The summed E-state index contributed by atoms with van der Waals surface area (Å²) < 4.78 is 5.37. The molecule has 2 aliphatic heterocycles. The van der Waals surface area contributed by atoms with Crippen molar-refractivity contribution in [3.63, 3.8) is 0 Å². The largest absolute Gasteiger partial charge is 0.340 e. The van der Waals surface area contributed by atoms with Gasteiger partial charge in [-0.3, -0.25) is 9.69 Å². The Kier molecular flexibility index (Phi) is 6.26. The highest BCUT2D eigenvalue weighted by Gasteiger charge is 2.24. The Balaban J connectivity index is 1.37. The summed E-state index contributed by atoms with van der Waals surface area (Å²) in [7, 11) is 0. The monoisotopic (exact) mass is 364 g/mol. The van der Waals surface area contributed by atoms with E-state index in [-0.39, 0.29) is 11.3 Å². The lowest BCUT2D eigenvalue weighted by molar-refractivity contribution is -0.132. The number of hydrogen-bond donors (Lipinski definition) is 1. The van der Waals surface area contributed by atoms with Gasteiger partial charge in [-0.05, 0) is 0 Å². The van der Waals surface area contributed by atoms with E-state index in [1.165, 1.54) is 0 Å². The zero-order valence-corrected chi connectivity index (χ0v) is 16.3. The summed E-state index contributed by atoms with van der Waals surface area (Å²) in [6.07, 6.45) is 0.625. The van der Waals surface area contributed by atoms with Crippen molar-refractivity contribution in [3.05, 3.63) is 11.7 Å². The lowest BCUT2D eigenvalue weighted by Crippen LogP contribution is -2.49. The van der Waals surface area contributed by atoms with E-state index in [1.807, 2.05) is 4.90 Å². The van der Waals surface area contributed by atoms with Gasteiger partial charge in [0.1, 0.15) is 0 Å². The maximum Gasteiger partial charge on any atom is 0.232 e. The fourth-order valence-corrected chi connectivity index (χ4v) is 3.32. The van der Waals surface area contributed by atoms with Crippen molar-refractivity contribution in [1.82, 2.24) is 30.2 Å². The van der Waals surface area contributed by atoms with Crippen molar-refractivity contribution in [3.8, 4) is 0 Å². The minimum atomic E-state index is -0.110. The molecule has 8 heteroatoms. The standard InChI is InChI=1S/C18H32N6O2/c1-18(2,3)17-20-15(21-26-17)14-23-12-10-22(11-13-23)7-4-16(25)24-8-5-19-6-9-24/h19H,4-14H2,1-3H3. The molecule has 2 fully saturated rings. The van der Waals surface area contributed by atoms with Crippen molar-refractivity contribution in [2.75, 3.05) is 58.9 Å². The maximum absolute atomic E-state index is 12.3. The van der Waals surface area contributed by atoms with Crippen LogP contribution in [0.2, 0.25) is 0 Å². The predicted molar refractivity (Wildman–Crippen MR) is 98.8 cm³/mol. The summed E-state index contributed by atoms with van der Waals surface area (Å²) >= 11 is 0. The van der Waals surface area contributed by atoms with Crippen LogP contribution < -0.4 is 5.32 Å². The van der Waals surface area contributed by atoms with Gasteiger partial charge >= 0.3 is 0 Å². The van der Waals surface area contributed by atoms with Gasteiger partial charge in [0, 0.05) is 70.7 Å². The van der Waals surface area contributed by atoms with Crippen molar-refractivity contribution in [2.24, 2.45) is 0 Å². The molecule has 26 heavy (non-hydrogen) atoms. The van der Waals surface area contributed by atoms with E-state index >= 15 is 0 Å². The van der Waals surface area contributed by atoms with Crippen LogP contribution in [-0.2, 0) is 16.8 Å². The highest BCUT2D eigenvalue weighted by molar-refractivity contribution is 5.76. The van der Waals surface area contributed by atoms with Gasteiger partial charge in [0.25, 0.3) is 0 Å². The number of piperazine rings is 2. The molecular weight excluding hydrogens is 332 g/mol. The number of nitrogens with zero attached hydrogens (tertiary/aromatic N) is 5. The first-order valence-electron chi connectivity index (χ1n) is 9.68. The minimum absolute atomic E-state index is 0.110. The molecule has 0 aromatic carbocycles. The summed E-state index contributed by atoms with van der Waals surface area (Å²) in [6, 6.07) is 0. The number of carbonyl (C=O) groups is 1. The SMILES string of the molecule is CC(C)(C)c1nc(CN2CCN(CCC(=O)N3CCNCC3)CC2)no1. The molecule has 1 amide bonds. The van der Waals surface area contributed by atoms with Gasteiger partial charge in [0.05, 0.1) is 6.54 Å². The predicted octanol–water partition coefficient (Wildman–Crippen LogP) is 0.307. The molecule has 0 unspecified atom stereocenters. The second kappa shape index (κ2) is 8.45. The number of nitrogens with one attached hydrogen (secondary N) is 1. The fraction of sp³-hybridized carbons (Fsp3) is 0.833. The van der Waals surface area contributed by atoms with Gasteiger partial charge in [0.15, 0.2) is 5.82 Å². The zero-order chi connectivity index (χ0) is 18.6. The van der Waals surface area contributed by atoms with E-state index in [9.17, 15) is 4.79 Å². The van der Waals surface area contributed by atoms with Gasteiger partial charge in [-0.25, -0.2) is 0 Å². The van der Waals surface area contributed by atoms with Crippen LogP contribution in [0, 0.1) is 0 Å². The van der Waals surface area contributed by atoms with Crippen LogP contribution in [0.15, 0.2) is 4.52 Å². The molecule has 146 valence electrons. The molecule has 0 bridgehead atoms. The molecule has 8 nitrogen and oxygen atoms in total. The van der Waals surface area contributed by atoms with Gasteiger partial charge < -0.3 is 19.6 Å². The fourth-order valence-electron chi connectivity index (χ4n) is 3.32. The molecule has 0 saturated carbocycles. The number of carbonyl (C=O) groups excluding carboxylic acids is 1. The molecule has 0 atom stereocenters. The van der Waals surface area contributed by atoms with Gasteiger partial charge in [0.2, 0.25) is 11.8 Å². The summed E-state index contributed by atoms with van der Waals surface area (Å²) in [5, 5.41) is 7.39. The van der Waals surface area contributed by atoms with Gasteiger partial charge in [-0.1, -0.05) is 25.9 Å². The topological polar surface area (TPSA) is 77.7 Å². The molecule has 2 saturated heterocycles. The van der Waals surface area contributed by atoms with Crippen LogP contribution >= 0.6 is 0 Å². The van der Waals surface area contributed by atoms with Crippen molar-refractivity contribution >= 4 is 5.91 Å². The van der Waals surface area contributed by atoms with Crippen LogP contribution in [0.4, 0.5) is 0 Å². The van der Waals surface area contributed by atoms with Gasteiger partial charge in [-0.15, -0.1) is 0 Å². The molecule has 3 rings (SSSR count). The smallest absolute Gasteiger partial charge is 0.232 e. The molecule has 0 radical (unpaired) electrons. The van der Waals surface area contributed by atoms with E-state index in [1.54, 1.807) is 0 Å². The van der Waals surface area contributed by atoms with Crippen LogP contribution in [0.1, 0.15) is 38.9 Å². The molecule has 3 heterocycles. The summed E-state index contributed by atoms with van der Waals surface area (Å²) in [5.41, 5.74) is -0.110. The number of amides is 1. The quantitative estimate of drug-likeness (QED) is 0.805. The number of aromatic nitrogens is 2. The lowest BCUT2D eigenvalue weighted by Gasteiger charge is -2.34. The molecule has 0 spiro atoms. The Hall–Kier alpha value is -1.51. The van der Waals surface area contributed by atoms with Crippen molar-refractivity contribution < 1.29 is 9.32 Å². The van der Waals surface area contributed by atoms with E-state index in [0.29, 0.717) is 12.3 Å². The Morgan fingerprint density at radius 2 is 1.73 bits per heavy atom. The molecule has 1 N–H and O–H groups in total. The second-order valence-electron chi connectivity index (χ2n) is 8.26. The van der Waals surface area contributed by atoms with Crippen LogP contribution in [-0.4, -0.2) is 89.7 Å². The van der Waals surface area contributed by atoms with E-state index in [4.69, 9.17) is 4.52 Å². The zero-order valence-electron chi connectivity index (χ0n) is 16.3. The van der Waals surface area contributed by atoms with E-state index < -0.39 is 0 Å². The maximum atomic E-state index is 12.3. The third kappa shape index (κ3) is 5.25. The molecule has 1 aromatic heterocycles. The van der Waals surface area contributed by atoms with Crippen LogP contribution in [0.5, 0.6) is 0 Å². The summed E-state index contributed by atoms with van der Waals surface area (Å²) in [5.74, 6) is 1.74. The summed E-state index contributed by atoms with van der Waals surface area (Å²) in [6.45, 7) is 15.2. The first-order valence-corrected chi connectivity index (χ1v) is 9.68. The summed E-state index contributed by atoms with van der Waals surface area (Å²) in [4.78, 5) is 23.5. The Bertz CT molecular complexity index is 583. The Morgan fingerprint density at radius 3 is 2.35 bits per heavy atom. The first-order chi connectivity index (χ1) is 12.4. The molecule has 0 aliphatic carbocycles. The Morgan fingerprint density at radius 1 is 1.08 bits per heavy atom. The molecular formula is C18H32N6O2. The van der Waals surface area contributed by atoms with Crippen LogP contribution in [0.25, 0.3) is 0 Å². The third-order valence-corrected chi connectivity index (χ3v) is 5.05. The highest BCUT2D eigenvalue weighted by atomic mass is 16.5. The number of hydrogen-bond acceptors (Lipinski definition) is 7. The van der Waals surface area contributed by atoms with Crippen molar-refractivity contribution in [1.29, 1.82) is 0 Å². The van der Waals surface area contributed by atoms with Gasteiger partial charge in [-0.2, -0.15) is 4.98 Å². The second-order valence-corrected chi connectivity index (χ2v) is 8.26. The Labute approximate surface area is 155 Å². The number of rotatable bonds is 5.